The van der Waals surface area contributed by atoms with Crippen LogP contribution in [0.5, 0.6) is 0 Å². The lowest BCUT2D eigenvalue weighted by Crippen LogP contribution is -2.27. The van der Waals surface area contributed by atoms with Gasteiger partial charge in [0.2, 0.25) is 6.41 Å². The predicted molar refractivity (Wildman–Crippen MR) is 83.2 cm³/mol. The molecule has 0 spiro atoms. The highest BCUT2D eigenvalue weighted by Gasteiger charge is 2.25. The van der Waals surface area contributed by atoms with Gasteiger partial charge in [0.05, 0.1) is 12.2 Å². The van der Waals surface area contributed by atoms with Crippen molar-refractivity contribution in [2.45, 2.75) is 26.7 Å². The molecule has 1 aliphatic carbocycles. The van der Waals surface area contributed by atoms with E-state index in [2.05, 4.69) is 15.3 Å². The Balaban J connectivity index is 2.29. The number of hydroxylamine groups is 1. The van der Waals surface area contributed by atoms with Gasteiger partial charge in [-0.15, -0.1) is 0 Å². The third-order valence-corrected chi connectivity index (χ3v) is 3.39. The van der Waals surface area contributed by atoms with Gasteiger partial charge in [-0.2, -0.15) is 5.06 Å². The Labute approximate surface area is 134 Å². The van der Waals surface area contributed by atoms with Crippen LogP contribution < -0.4 is 10.4 Å². The standard InChI is InChI=1S/C15H20N4O4/c1-3-16-15(22)10(2)13(21)12-14(18-7-6-17-12)19(9-20)23-8-11-4-5-11/h6-7,9,11,21H,3-5,8H2,1-2H3,(H,16,22)/b13-10-. The SMILES string of the molecule is CCNC(=O)/C(C)=C(\O)c1nccnc1N(C=O)OCC1CC1. The second-order valence-electron chi connectivity index (χ2n) is 5.23. The second kappa shape index (κ2) is 7.68. The smallest absolute Gasteiger partial charge is 0.250 e. The molecule has 8 heteroatoms. The number of carbonyl (C=O) groups is 2. The molecule has 0 radical (unpaired) electrons. The van der Waals surface area contributed by atoms with Gasteiger partial charge < -0.3 is 10.4 Å². The van der Waals surface area contributed by atoms with Crippen LogP contribution in [0.2, 0.25) is 0 Å². The van der Waals surface area contributed by atoms with Gasteiger partial charge in [0.15, 0.2) is 17.3 Å². The lowest BCUT2D eigenvalue weighted by Gasteiger charge is -2.18. The maximum atomic E-state index is 11.8. The van der Waals surface area contributed by atoms with Gasteiger partial charge in [-0.25, -0.2) is 9.97 Å². The molecule has 8 nitrogen and oxygen atoms in total. The van der Waals surface area contributed by atoms with Gasteiger partial charge in [-0.1, -0.05) is 0 Å². The highest BCUT2D eigenvalue weighted by molar-refractivity contribution is 5.99. The topological polar surface area (TPSA) is 105 Å². The van der Waals surface area contributed by atoms with Crippen LogP contribution in [0.3, 0.4) is 0 Å². The van der Waals surface area contributed by atoms with Crippen LogP contribution in [-0.2, 0) is 14.4 Å². The first-order valence-corrected chi connectivity index (χ1v) is 7.45. The Bertz CT molecular complexity index is 613. The fourth-order valence-corrected chi connectivity index (χ4v) is 1.85. The van der Waals surface area contributed by atoms with Crippen molar-refractivity contribution in [3.8, 4) is 0 Å². The van der Waals surface area contributed by atoms with E-state index < -0.39 is 5.91 Å². The minimum absolute atomic E-state index is 0.0131. The molecule has 0 aliphatic heterocycles. The fourth-order valence-electron chi connectivity index (χ4n) is 1.85. The number of aromatic nitrogens is 2. The van der Waals surface area contributed by atoms with Crippen LogP contribution in [0, 0.1) is 5.92 Å². The number of nitrogens with zero attached hydrogens (tertiary/aromatic N) is 3. The summed E-state index contributed by atoms with van der Waals surface area (Å²) >= 11 is 0. The van der Waals surface area contributed by atoms with Crippen LogP contribution in [0.15, 0.2) is 18.0 Å². The molecule has 0 aromatic carbocycles. The maximum Gasteiger partial charge on any atom is 0.250 e. The first kappa shape index (κ1) is 16.9. The van der Waals surface area contributed by atoms with E-state index in [9.17, 15) is 14.7 Å². The Kier molecular flexibility index (Phi) is 5.64. The summed E-state index contributed by atoms with van der Waals surface area (Å²) in [6.07, 6.45) is 5.35. The van der Waals surface area contributed by atoms with E-state index in [-0.39, 0.29) is 22.8 Å². The van der Waals surface area contributed by atoms with Crippen LogP contribution >= 0.6 is 0 Å². The van der Waals surface area contributed by atoms with Gasteiger partial charge in [0.1, 0.15) is 0 Å². The summed E-state index contributed by atoms with van der Waals surface area (Å²) in [5, 5.41) is 13.8. The number of anilines is 1. The summed E-state index contributed by atoms with van der Waals surface area (Å²) in [6, 6.07) is 0. The Hall–Kier alpha value is -2.48. The Morgan fingerprint density at radius 2 is 2.17 bits per heavy atom. The van der Waals surface area contributed by atoms with Crippen LogP contribution in [-0.4, -0.2) is 40.5 Å². The first-order valence-electron chi connectivity index (χ1n) is 7.45. The monoisotopic (exact) mass is 320 g/mol. The first-order chi connectivity index (χ1) is 11.1. The van der Waals surface area contributed by atoms with Crippen molar-refractivity contribution in [1.29, 1.82) is 0 Å². The molecule has 124 valence electrons. The predicted octanol–water partition coefficient (Wildman–Crippen LogP) is 1.21. The van der Waals surface area contributed by atoms with Crippen LogP contribution in [0.25, 0.3) is 5.76 Å². The fraction of sp³-hybridized carbons (Fsp3) is 0.467. The summed E-state index contributed by atoms with van der Waals surface area (Å²) < 4.78 is 0. The molecule has 1 fully saturated rings. The number of amides is 2. The van der Waals surface area contributed by atoms with Crippen molar-refractivity contribution < 1.29 is 19.5 Å². The zero-order valence-corrected chi connectivity index (χ0v) is 13.2. The van der Waals surface area contributed by atoms with Gasteiger partial charge in [-0.05, 0) is 32.6 Å². The lowest BCUT2D eigenvalue weighted by molar-refractivity contribution is -0.117. The number of aliphatic hydroxyl groups excluding tert-OH is 1. The van der Waals surface area contributed by atoms with E-state index in [0.717, 1.165) is 17.9 Å². The largest absolute Gasteiger partial charge is 0.505 e. The number of hydrogen-bond acceptors (Lipinski definition) is 6. The Morgan fingerprint density at radius 3 is 2.78 bits per heavy atom. The maximum absolute atomic E-state index is 11.8. The molecular formula is C15H20N4O4. The zero-order chi connectivity index (χ0) is 16.8. The van der Waals surface area contributed by atoms with Gasteiger partial charge in [-0.3, -0.25) is 14.4 Å². The van der Waals surface area contributed by atoms with E-state index in [1.54, 1.807) is 6.92 Å². The molecule has 0 saturated heterocycles. The van der Waals surface area contributed by atoms with Crippen molar-refractivity contribution in [3.63, 3.8) is 0 Å². The van der Waals surface area contributed by atoms with Crippen molar-refractivity contribution in [2.24, 2.45) is 5.92 Å². The molecule has 2 N–H and O–H groups in total. The number of carbonyl (C=O) groups excluding carboxylic acids is 2. The molecule has 0 unspecified atom stereocenters. The highest BCUT2D eigenvalue weighted by Crippen LogP contribution is 2.30. The summed E-state index contributed by atoms with van der Waals surface area (Å²) in [5.74, 6) is -0.276. The number of rotatable bonds is 8. The molecule has 1 aromatic rings. The third kappa shape index (κ3) is 4.26. The highest BCUT2D eigenvalue weighted by atomic mass is 16.7. The third-order valence-electron chi connectivity index (χ3n) is 3.39. The molecule has 1 aliphatic rings. The van der Waals surface area contributed by atoms with Crippen molar-refractivity contribution in [1.82, 2.24) is 15.3 Å². The number of nitrogens with one attached hydrogen (secondary N) is 1. The van der Waals surface area contributed by atoms with Crippen LogP contribution in [0.4, 0.5) is 5.82 Å². The quantitative estimate of drug-likeness (QED) is 0.323. The molecule has 1 saturated carbocycles. The summed E-state index contributed by atoms with van der Waals surface area (Å²) in [7, 11) is 0. The minimum Gasteiger partial charge on any atom is -0.505 e. The summed E-state index contributed by atoms with van der Waals surface area (Å²) in [6.45, 7) is 4.07. The van der Waals surface area contributed by atoms with Crippen molar-refractivity contribution in [2.75, 3.05) is 18.2 Å². The molecule has 1 heterocycles. The van der Waals surface area contributed by atoms with Crippen LogP contribution in [0.1, 0.15) is 32.4 Å². The van der Waals surface area contributed by atoms with E-state index >= 15 is 0 Å². The molecule has 2 rings (SSSR count). The zero-order valence-electron chi connectivity index (χ0n) is 13.2. The molecule has 2 amide bonds. The summed E-state index contributed by atoms with van der Waals surface area (Å²) in [4.78, 5) is 36.6. The van der Waals surface area contributed by atoms with Gasteiger partial charge >= 0.3 is 0 Å². The molecule has 1 aromatic heterocycles. The van der Waals surface area contributed by atoms with Crippen molar-refractivity contribution in [3.05, 3.63) is 23.7 Å². The molecule has 0 atom stereocenters. The summed E-state index contributed by atoms with van der Waals surface area (Å²) in [5.41, 5.74) is 0.0980. The Morgan fingerprint density at radius 1 is 1.48 bits per heavy atom. The molecule has 23 heavy (non-hydrogen) atoms. The minimum atomic E-state index is -0.418. The number of aliphatic hydroxyl groups is 1. The van der Waals surface area contributed by atoms with E-state index in [1.165, 1.54) is 19.3 Å². The second-order valence-corrected chi connectivity index (χ2v) is 5.23. The molecular weight excluding hydrogens is 300 g/mol. The lowest BCUT2D eigenvalue weighted by atomic mass is 10.2. The number of likely N-dealkylation sites (N-methyl/N-ethyl adjacent to an activating group) is 1. The van der Waals surface area contributed by atoms with Gasteiger partial charge in [0, 0.05) is 18.9 Å². The van der Waals surface area contributed by atoms with Gasteiger partial charge in [0.25, 0.3) is 5.91 Å². The average Bonchev–Trinajstić information content (AvgIpc) is 3.39. The van der Waals surface area contributed by atoms with E-state index in [4.69, 9.17) is 4.84 Å². The van der Waals surface area contributed by atoms with Crippen molar-refractivity contribution >= 4 is 23.9 Å². The van der Waals surface area contributed by atoms with E-state index in [0.29, 0.717) is 25.5 Å². The average molecular weight is 320 g/mol. The number of hydrogen-bond donors (Lipinski definition) is 2. The normalized spacial score (nSPS) is 14.9. The van der Waals surface area contributed by atoms with E-state index in [1.807, 2.05) is 0 Å². The molecule has 0 bridgehead atoms.